The van der Waals surface area contributed by atoms with E-state index in [4.69, 9.17) is 4.74 Å². The molecular weight excluding hydrogens is 334 g/mol. The van der Waals surface area contributed by atoms with Crippen molar-refractivity contribution in [3.63, 3.8) is 0 Å². The Morgan fingerprint density at radius 2 is 2.05 bits per heavy atom. The fourth-order valence-electron chi connectivity index (χ4n) is 2.53. The quantitative estimate of drug-likeness (QED) is 0.617. The third kappa shape index (κ3) is 4.06. The Bertz CT molecular complexity index is 501. The number of carbonyl (C=O) groups excluding carboxylic acids is 2. The van der Waals surface area contributed by atoms with Crippen LogP contribution in [-0.2, 0) is 14.9 Å². The van der Waals surface area contributed by atoms with Crippen LogP contribution in [0, 0.1) is 5.92 Å². The number of halogens is 1. The highest BCUT2D eigenvalue weighted by atomic mass is 79.9. The molecule has 0 aliphatic carbocycles. The van der Waals surface area contributed by atoms with Gasteiger partial charge in [-0.25, -0.2) is 0 Å². The number of nitrogens with zero attached hydrogens (tertiary/aromatic N) is 1. The molecular formula is C16H20BrNO3. The maximum Gasteiger partial charge on any atom is 0.310 e. The van der Waals surface area contributed by atoms with Gasteiger partial charge in [0.25, 0.3) is 5.91 Å². The molecule has 114 valence electrons. The summed E-state index contributed by atoms with van der Waals surface area (Å²) in [5.41, 5.74) is 1.80. The molecule has 1 atom stereocenters. The highest BCUT2D eigenvalue weighted by Crippen LogP contribution is 2.20. The van der Waals surface area contributed by atoms with E-state index in [1.165, 1.54) is 0 Å². The summed E-state index contributed by atoms with van der Waals surface area (Å²) in [6.45, 7) is 3.35. The van der Waals surface area contributed by atoms with E-state index in [0.717, 1.165) is 23.7 Å². The molecule has 1 aliphatic rings. The number of rotatable bonds is 4. The Kier molecular flexibility index (Phi) is 5.79. The lowest BCUT2D eigenvalue weighted by molar-refractivity contribution is -0.149. The minimum absolute atomic E-state index is 0.00915. The molecule has 4 nitrogen and oxygen atoms in total. The number of benzene rings is 1. The molecule has 1 aromatic carbocycles. The van der Waals surface area contributed by atoms with Crippen LogP contribution in [-0.4, -0.2) is 36.5 Å². The smallest absolute Gasteiger partial charge is 0.310 e. The topological polar surface area (TPSA) is 46.6 Å². The van der Waals surface area contributed by atoms with E-state index in [9.17, 15) is 9.59 Å². The first-order valence-corrected chi connectivity index (χ1v) is 8.38. The Morgan fingerprint density at radius 3 is 2.67 bits per heavy atom. The Morgan fingerprint density at radius 1 is 1.33 bits per heavy atom. The average molecular weight is 354 g/mol. The van der Waals surface area contributed by atoms with Gasteiger partial charge >= 0.3 is 5.97 Å². The number of ether oxygens (including phenoxy) is 1. The number of amides is 1. The zero-order chi connectivity index (χ0) is 15.2. The third-order valence-corrected chi connectivity index (χ3v) is 4.33. The third-order valence-electron chi connectivity index (χ3n) is 3.68. The van der Waals surface area contributed by atoms with Crippen molar-refractivity contribution in [2.24, 2.45) is 5.92 Å². The molecule has 21 heavy (non-hydrogen) atoms. The van der Waals surface area contributed by atoms with Gasteiger partial charge in [0.2, 0.25) is 0 Å². The number of piperidine rings is 1. The van der Waals surface area contributed by atoms with Gasteiger partial charge in [-0.1, -0.05) is 28.1 Å². The molecule has 0 bridgehead atoms. The summed E-state index contributed by atoms with van der Waals surface area (Å²) >= 11 is 3.39. The normalized spacial score (nSPS) is 18.4. The number of esters is 1. The van der Waals surface area contributed by atoms with Crippen molar-refractivity contribution in [2.75, 3.05) is 19.7 Å². The first-order chi connectivity index (χ1) is 10.2. The molecule has 0 spiro atoms. The fraction of sp³-hybridized carbons (Fsp3) is 0.500. The molecule has 5 heteroatoms. The second-order valence-electron chi connectivity index (χ2n) is 5.17. The van der Waals surface area contributed by atoms with Crippen LogP contribution in [0.1, 0.15) is 35.7 Å². The van der Waals surface area contributed by atoms with Crippen LogP contribution < -0.4 is 0 Å². The summed E-state index contributed by atoms with van der Waals surface area (Å²) in [6, 6.07) is 7.56. The van der Waals surface area contributed by atoms with Crippen molar-refractivity contribution >= 4 is 27.8 Å². The maximum atomic E-state index is 12.5. The number of alkyl halides is 1. The molecule has 1 unspecified atom stereocenters. The molecule has 1 aromatic rings. The van der Waals surface area contributed by atoms with E-state index in [-0.39, 0.29) is 17.8 Å². The Balaban J connectivity index is 2.02. The van der Waals surface area contributed by atoms with Crippen LogP contribution in [0.25, 0.3) is 0 Å². The van der Waals surface area contributed by atoms with Crippen LogP contribution in [0.5, 0.6) is 0 Å². The number of carbonyl (C=O) groups is 2. The minimum Gasteiger partial charge on any atom is -0.466 e. The van der Waals surface area contributed by atoms with Gasteiger partial charge in [-0.05, 0) is 37.5 Å². The second-order valence-corrected chi connectivity index (χ2v) is 5.73. The molecule has 1 aliphatic heterocycles. The predicted molar refractivity (Wildman–Crippen MR) is 84.3 cm³/mol. The molecule has 0 radical (unpaired) electrons. The molecule has 1 heterocycles. The molecule has 0 aromatic heterocycles. The molecule has 0 saturated carbocycles. The van der Waals surface area contributed by atoms with Crippen molar-refractivity contribution in [1.29, 1.82) is 0 Å². The van der Waals surface area contributed by atoms with Crippen LogP contribution >= 0.6 is 15.9 Å². The van der Waals surface area contributed by atoms with Crippen molar-refractivity contribution in [3.05, 3.63) is 35.4 Å². The highest BCUT2D eigenvalue weighted by molar-refractivity contribution is 9.08. The van der Waals surface area contributed by atoms with Gasteiger partial charge in [0.15, 0.2) is 0 Å². The van der Waals surface area contributed by atoms with Crippen LogP contribution in [0.2, 0.25) is 0 Å². The fourth-order valence-corrected chi connectivity index (χ4v) is 2.91. The van der Waals surface area contributed by atoms with Crippen LogP contribution in [0.3, 0.4) is 0 Å². The van der Waals surface area contributed by atoms with Gasteiger partial charge in [-0.2, -0.15) is 0 Å². The summed E-state index contributed by atoms with van der Waals surface area (Å²) in [4.78, 5) is 26.1. The summed E-state index contributed by atoms with van der Waals surface area (Å²) in [7, 11) is 0. The largest absolute Gasteiger partial charge is 0.466 e. The zero-order valence-corrected chi connectivity index (χ0v) is 13.8. The molecule has 1 fully saturated rings. The lowest BCUT2D eigenvalue weighted by Crippen LogP contribution is -2.42. The van der Waals surface area contributed by atoms with Crippen molar-refractivity contribution in [1.82, 2.24) is 4.90 Å². The number of hydrogen-bond acceptors (Lipinski definition) is 3. The van der Waals surface area contributed by atoms with E-state index >= 15 is 0 Å². The number of hydrogen-bond donors (Lipinski definition) is 0. The molecule has 2 rings (SSSR count). The maximum absolute atomic E-state index is 12.5. The van der Waals surface area contributed by atoms with Crippen molar-refractivity contribution < 1.29 is 14.3 Å². The van der Waals surface area contributed by atoms with E-state index in [1.54, 1.807) is 11.8 Å². The first-order valence-electron chi connectivity index (χ1n) is 7.26. The first kappa shape index (κ1) is 16.0. The monoisotopic (exact) mass is 353 g/mol. The van der Waals surface area contributed by atoms with E-state index < -0.39 is 0 Å². The SMILES string of the molecule is CCOC(=O)C1CCCN(C(=O)c2ccc(CBr)cc2)C1. The van der Waals surface area contributed by atoms with Gasteiger partial charge < -0.3 is 9.64 Å². The van der Waals surface area contributed by atoms with Crippen LogP contribution in [0.4, 0.5) is 0 Å². The predicted octanol–water partition coefficient (Wildman–Crippen LogP) is 3.00. The van der Waals surface area contributed by atoms with Gasteiger partial charge in [0.1, 0.15) is 0 Å². The van der Waals surface area contributed by atoms with E-state index in [0.29, 0.717) is 25.3 Å². The molecule has 0 N–H and O–H groups in total. The lowest BCUT2D eigenvalue weighted by Gasteiger charge is -2.31. The Hall–Kier alpha value is -1.36. The van der Waals surface area contributed by atoms with Crippen molar-refractivity contribution in [3.8, 4) is 0 Å². The van der Waals surface area contributed by atoms with Gasteiger partial charge in [0, 0.05) is 24.0 Å². The summed E-state index contributed by atoms with van der Waals surface area (Å²) in [6.07, 6.45) is 1.64. The second kappa shape index (κ2) is 7.59. The summed E-state index contributed by atoms with van der Waals surface area (Å²) in [5, 5.41) is 0.774. The van der Waals surface area contributed by atoms with Gasteiger partial charge in [0.05, 0.1) is 12.5 Å². The molecule has 1 amide bonds. The van der Waals surface area contributed by atoms with E-state index in [1.807, 2.05) is 24.3 Å². The summed E-state index contributed by atoms with van der Waals surface area (Å²) in [5.74, 6) is -0.390. The zero-order valence-electron chi connectivity index (χ0n) is 12.2. The average Bonchev–Trinajstić information content (AvgIpc) is 2.54. The summed E-state index contributed by atoms with van der Waals surface area (Å²) < 4.78 is 5.06. The highest BCUT2D eigenvalue weighted by Gasteiger charge is 2.29. The van der Waals surface area contributed by atoms with Gasteiger partial charge in [-0.3, -0.25) is 9.59 Å². The lowest BCUT2D eigenvalue weighted by atomic mass is 9.97. The minimum atomic E-state index is -0.190. The van der Waals surface area contributed by atoms with Crippen LogP contribution in [0.15, 0.2) is 24.3 Å². The van der Waals surface area contributed by atoms with Gasteiger partial charge in [-0.15, -0.1) is 0 Å². The van der Waals surface area contributed by atoms with E-state index in [2.05, 4.69) is 15.9 Å². The molecule has 1 saturated heterocycles. The standard InChI is InChI=1S/C16H20BrNO3/c1-2-21-16(20)14-4-3-9-18(11-14)15(19)13-7-5-12(10-17)6-8-13/h5-8,14H,2-4,9-11H2,1H3. The Labute approximate surface area is 133 Å². The van der Waals surface area contributed by atoms with Crippen molar-refractivity contribution in [2.45, 2.75) is 25.1 Å². The number of likely N-dealkylation sites (tertiary alicyclic amines) is 1.